The van der Waals surface area contributed by atoms with Crippen molar-refractivity contribution in [3.8, 4) is 0 Å². The maximum Gasteiger partial charge on any atom is 0.320 e. The fourth-order valence-corrected chi connectivity index (χ4v) is 3.98. The van der Waals surface area contributed by atoms with E-state index in [9.17, 15) is 19.2 Å². The minimum absolute atomic E-state index is 0.138. The van der Waals surface area contributed by atoms with E-state index in [0.29, 0.717) is 72.2 Å². The average molecular weight is 556 g/mol. The lowest BCUT2D eigenvalue weighted by Crippen LogP contribution is -2.49. The van der Waals surface area contributed by atoms with Gasteiger partial charge in [-0.3, -0.25) is 38.8 Å². The monoisotopic (exact) mass is 555 g/mol. The number of nitrogens with zero attached hydrogens (tertiary/aromatic N) is 4. The van der Waals surface area contributed by atoms with Crippen LogP contribution < -0.4 is 0 Å². The third-order valence-corrected chi connectivity index (χ3v) is 6.56. The molecular weight excluding hydrogens is 504 g/mol. The first-order valence-corrected chi connectivity index (χ1v) is 14.6. The molecule has 0 aromatic carbocycles. The van der Waals surface area contributed by atoms with Crippen LogP contribution in [-0.4, -0.2) is 142 Å². The van der Waals surface area contributed by atoms with Crippen LogP contribution in [0.1, 0.15) is 59.3 Å². The van der Waals surface area contributed by atoms with Crippen molar-refractivity contribution in [2.45, 2.75) is 59.3 Å². The molecule has 1 fully saturated rings. The molecule has 0 saturated carbocycles. The van der Waals surface area contributed by atoms with Gasteiger partial charge in [0.15, 0.2) is 0 Å². The molecule has 1 rings (SSSR count). The van der Waals surface area contributed by atoms with Crippen molar-refractivity contribution in [2.24, 2.45) is 0 Å². The molecule has 0 aromatic heterocycles. The van der Waals surface area contributed by atoms with E-state index in [-0.39, 0.29) is 44.1 Å². The first-order chi connectivity index (χ1) is 18.9. The summed E-state index contributed by atoms with van der Waals surface area (Å²) >= 11 is 0. The van der Waals surface area contributed by atoms with Gasteiger partial charge in [0.25, 0.3) is 0 Å². The molecule has 0 N–H and O–H groups in total. The van der Waals surface area contributed by atoms with E-state index in [4.69, 9.17) is 14.2 Å². The predicted molar refractivity (Wildman–Crippen MR) is 149 cm³/mol. The number of hydrogen-bond acceptors (Lipinski definition) is 11. The second-order valence-corrected chi connectivity index (χ2v) is 9.97. The van der Waals surface area contributed by atoms with Crippen LogP contribution in [0.3, 0.4) is 0 Å². The molecule has 0 unspecified atom stereocenters. The Bertz CT molecular complexity index is 655. The molecule has 0 amide bonds. The topological polar surface area (TPSA) is 109 Å². The zero-order valence-electron chi connectivity index (χ0n) is 24.5. The average Bonchev–Trinajstić information content (AvgIpc) is 2.90. The van der Waals surface area contributed by atoms with Gasteiger partial charge in [-0.05, 0) is 19.3 Å². The molecule has 0 aliphatic carbocycles. The smallest absolute Gasteiger partial charge is 0.320 e. The van der Waals surface area contributed by atoms with E-state index >= 15 is 0 Å². The Morgan fingerprint density at radius 3 is 1.08 bits per heavy atom. The summed E-state index contributed by atoms with van der Waals surface area (Å²) in [4.78, 5) is 56.6. The van der Waals surface area contributed by atoms with Crippen molar-refractivity contribution in [2.75, 3.05) is 98.4 Å². The molecule has 0 aromatic rings. The Morgan fingerprint density at radius 1 is 0.538 bits per heavy atom. The summed E-state index contributed by atoms with van der Waals surface area (Å²) < 4.78 is 16.1. The summed E-state index contributed by atoms with van der Waals surface area (Å²) in [5.41, 5.74) is 0. The van der Waals surface area contributed by atoms with Crippen molar-refractivity contribution < 1.29 is 33.4 Å². The molecule has 0 atom stereocenters. The van der Waals surface area contributed by atoms with Gasteiger partial charge in [0.2, 0.25) is 6.29 Å². The van der Waals surface area contributed by atoms with Crippen LogP contribution in [-0.2, 0) is 33.4 Å². The maximum absolute atomic E-state index is 12.5. The summed E-state index contributed by atoms with van der Waals surface area (Å²) in [6.07, 6.45) is 7.29. The molecular formula is C28H51N4O7. The Labute approximate surface area is 235 Å². The van der Waals surface area contributed by atoms with E-state index in [2.05, 4.69) is 0 Å². The van der Waals surface area contributed by atoms with Crippen molar-refractivity contribution in [1.82, 2.24) is 19.6 Å². The van der Waals surface area contributed by atoms with Crippen molar-refractivity contribution in [3.63, 3.8) is 0 Å². The molecule has 0 spiro atoms. The second-order valence-electron chi connectivity index (χ2n) is 9.97. The van der Waals surface area contributed by atoms with E-state index in [1.165, 1.54) is 0 Å². The molecule has 39 heavy (non-hydrogen) atoms. The normalized spacial score (nSPS) is 17.1. The highest BCUT2D eigenvalue weighted by Gasteiger charge is 2.21. The summed E-state index contributed by atoms with van der Waals surface area (Å²) in [5, 5.41) is 0. The highest BCUT2D eigenvalue weighted by molar-refractivity contribution is 5.72. The molecule has 0 bridgehead atoms. The number of ether oxygens (including phenoxy) is 3. The second kappa shape index (κ2) is 22.7. The van der Waals surface area contributed by atoms with Gasteiger partial charge in [-0.1, -0.05) is 40.0 Å². The summed E-state index contributed by atoms with van der Waals surface area (Å²) in [6, 6.07) is 0. The highest BCUT2D eigenvalue weighted by atomic mass is 16.5. The van der Waals surface area contributed by atoms with Crippen LogP contribution in [0.15, 0.2) is 0 Å². The Kier molecular flexibility index (Phi) is 20.3. The molecule has 11 heteroatoms. The van der Waals surface area contributed by atoms with Gasteiger partial charge in [-0.25, -0.2) is 0 Å². The first-order valence-electron chi connectivity index (χ1n) is 14.6. The van der Waals surface area contributed by atoms with Crippen LogP contribution >= 0.6 is 0 Å². The first kappa shape index (κ1) is 34.9. The molecule has 1 heterocycles. The summed E-state index contributed by atoms with van der Waals surface area (Å²) in [5.74, 6) is -0.830. The lowest BCUT2D eigenvalue weighted by Gasteiger charge is -2.33. The largest absolute Gasteiger partial charge is 0.465 e. The van der Waals surface area contributed by atoms with E-state index < -0.39 is 0 Å². The highest BCUT2D eigenvalue weighted by Crippen LogP contribution is 2.03. The molecule has 225 valence electrons. The van der Waals surface area contributed by atoms with Gasteiger partial charge in [0, 0.05) is 52.4 Å². The van der Waals surface area contributed by atoms with Gasteiger partial charge >= 0.3 is 17.9 Å². The third-order valence-electron chi connectivity index (χ3n) is 6.56. The minimum atomic E-state index is -0.278. The van der Waals surface area contributed by atoms with Gasteiger partial charge < -0.3 is 14.2 Å². The quantitative estimate of drug-likeness (QED) is 0.147. The fourth-order valence-electron chi connectivity index (χ4n) is 3.98. The molecule has 11 nitrogen and oxygen atoms in total. The number of carbonyl (C=O) groups is 3. The van der Waals surface area contributed by atoms with Gasteiger partial charge in [0.05, 0.1) is 46.0 Å². The SMILES string of the molecule is CCCCOC(=O)CN1CCN(C[C]=O)CCN(CC(=O)OCCCC)CCN(CC(=O)OCCCC)CC1. The van der Waals surface area contributed by atoms with E-state index in [1.54, 1.807) is 0 Å². The Hall–Kier alpha value is -2.08. The van der Waals surface area contributed by atoms with Crippen molar-refractivity contribution in [3.05, 3.63) is 0 Å². The number of unbranched alkanes of at least 4 members (excludes halogenated alkanes) is 3. The lowest BCUT2D eigenvalue weighted by molar-refractivity contribution is -0.147. The predicted octanol–water partition coefficient (Wildman–Crippen LogP) is 1.35. The van der Waals surface area contributed by atoms with Crippen molar-refractivity contribution >= 4 is 24.2 Å². The lowest BCUT2D eigenvalue weighted by atomic mass is 10.3. The molecule has 1 aliphatic rings. The van der Waals surface area contributed by atoms with E-state index in [0.717, 1.165) is 38.5 Å². The third kappa shape index (κ3) is 18.0. The van der Waals surface area contributed by atoms with Crippen LogP contribution in [0.2, 0.25) is 0 Å². The van der Waals surface area contributed by atoms with Crippen LogP contribution in [0.5, 0.6) is 0 Å². The number of esters is 3. The number of hydrogen-bond donors (Lipinski definition) is 0. The number of rotatable bonds is 17. The molecule has 1 saturated heterocycles. The molecule has 1 aliphatic heterocycles. The van der Waals surface area contributed by atoms with Crippen LogP contribution in [0.4, 0.5) is 0 Å². The van der Waals surface area contributed by atoms with E-state index in [1.807, 2.05) is 46.7 Å². The van der Waals surface area contributed by atoms with Gasteiger partial charge in [0.1, 0.15) is 0 Å². The Balaban J connectivity index is 2.92. The molecule has 1 radical (unpaired) electrons. The van der Waals surface area contributed by atoms with Crippen molar-refractivity contribution in [1.29, 1.82) is 0 Å². The standard InChI is InChI=1S/C28H51N4O7/c1-4-7-20-37-26(34)23-30-12-10-29(18-19-33)11-13-31(24-27(35)38-21-8-5-2)15-17-32(16-14-30)25-28(36)39-22-9-6-3/h4-18,20-25H2,1-3H3. The van der Waals surface area contributed by atoms with Crippen LogP contribution in [0, 0.1) is 0 Å². The minimum Gasteiger partial charge on any atom is -0.465 e. The van der Waals surface area contributed by atoms with Gasteiger partial charge in [-0.15, -0.1) is 0 Å². The number of carbonyl (C=O) groups excluding carboxylic acids is 4. The maximum atomic E-state index is 12.5. The summed E-state index contributed by atoms with van der Waals surface area (Å²) in [6.45, 7) is 12.3. The van der Waals surface area contributed by atoms with Gasteiger partial charge in [-0.2, -0.15) is 0 Å². The summed E-state index contributed by atoms with van der Waals surface area (Å²) in [7, 11) is 0. The van der Waals surface area contributed by atoms with Crippen LogP contribution in [0.25, 0.3) is 0 Å². The zero-order valence-corrected chi connectivity index (χ0v) is 24.5. The Morgan fingerprint density at radius 2 is 0.821 bits per heavy atom. The fraction of sp³-hybridized carbons (Fsp3) is 0.857. The zero-order chi connectivity index (χ0) is 28.7.